The van der Waals surface area contributed by atoms with Crippen LogP contribution < -0.4 is 0 Å². The van der Waals surface area contributed by atoms with Crippen LogP contribution in [0.3, 0.4) is 0 Å². The molecule has 0 aromatic carbocycles. The minimum absolute atomic E-state index is 0.0944. The Hall–Kier alpha value is -3.07. The molecule has 3 N–H and O–H groups in total. The Bertz CT molecular complexity index is 1190. The van der Waals surface area contributed by atoms with Gasteiger partial charge in [0, 0.05) is 12.8 Å². The lowest BCUT2D eigenvalue weighted by Crippen LogP contribution is -2.29. The van der Waals surface area contributed by atoms with Crippen LogP contribution in [0.5, 0.6) is 0 Å². The summed E-state index contributed by atoms with van der Waals surface area (Å²) in [6, 6.07) is 0. The summed E-state index contributed by atoms with van der Waals surface area (Å²) in [5.74, 6) is -1.20. The van der Waals surface area contributed by atoms with Gasteiger partial charge in [-0.1, -0.05) is 150 Å². The average Bonchev–Trinajstić information content (AvgIpc) is 3.12. The standard InChI is InChI=1S/C43H69O9P/c1-3-5-7-9-11-13-15-17-19-21-22-24-26-28-30-32-34-40(44)36-37-42(45)50-38-41(39-51-53(47,48)49)52-43(46)35-33-31-29-27-25-23-20-18-16-14-12-10-8-6-4-2/h5,7,11,13-14,16-20,22,24,28,30,32,34,40-41,44H,3-4,6,8-10,12,15,21,23,25-27,29,31,33,35-39H2,1-2H3,(H2,47,48,49)/b7-5-,13-11-,16-14-,19-17-,20-18-,24-22-,30-28-,34-32-/t40?,41-/m1/s1. The van der Waals surface area contributed by atoms with Gasteiger partial charge >= 0.3 is 19.8 Å². The van der Waals surface area contributed by atoms with Crippen molar-refractivity contribution in [3.63, 3.8) is 0 Å². The molecule has 0 aromatic heterocycles. The van der Waals surface area contributed by atoms with Gasteiger partial charge in [-0.25, -0.2) is 4.57 Å². The predicted molar refractivity (Wildman–Crippen MR) is 217 cm³/mol. The number of ether oxygens (including phenoxy) is 2. The molecule has 10 heteroatoms. The van der Waals surface area contributed by atoms with Crippen LogP contribution in [-0.2, 0) is 28.2 Å². The molecule has 0 rings (SSSR count). The molecule has 2 atom stereocenters. The second kappa shape index (κ2) is 37.3. The molecule has 300 valence electrons. The highest BCUT2D eigenvalue weighted by molar-refractivity contribution is 7.46. The lowest BCUT2D eigenvalue weighted by Gasteiger charge is -2.18. The second-order valence-corrected chi connectivity index (χ2v) is 14.0. The topological polar surface area (TPSA) is 140 Å². The number of carbonyl (C=O) groups is 2. The van der Waals surface area contributed by atoms with Crippen LogP contribution in [0.2, 0.25) is 0 Å². The molecule has 0 aliphatic rings. The first-order valence-electron chi connectivity index (χ1n) is 19.7. The van der Waals surface area contributed by atoms with E-state index in [9.17, 15) is 19.3 Å². The van der Waals surface area contributed by atoms with Gasteiger partial charge in [0.2, 0.25) is 0 Å². The van der Waals surface area contributed by atoms with E-state index in [0.29, 0.717) is 6.42 Å². The molecule has 0 spiro atoms. The van der Waals surface area contributed by atoms with Crippen molar-refractivity contribution in [2.24, 2.45) is 0 Å². The third-order valence-corrected chi connectivity index (χ3v) is 8.22. The Morgan fingerprint density at radius 3 is 1.72 bits per heavy atom. The SMILES string of the molecule is CC/C=C\C/C=C\C/C=C\C/C=C\C/C=C\C=C/C(O)CCC(=O)OC[C@H](COP(=O)(O)O)OC(=O)CCCCCCC/C=C\C=C/CCCCCC. The zero-order valence-corrected chi connectivity index (χ0v) is 33.4. The van der Waals surface area contributed by atoms with Crippen molar-refractivity contribution in [1.29, 1.82) is 0 Å². The molecule has 53 heavy (non-hydrogen) atoms. The highest BCUT2D eigenvalue weighted by atomic mass is 31.2. The smallest absolute Gasteiger partial charge is 0.462 e. The van der Waals surface area contributed by atoms with Gasteiger partial charge in [0.25, 0.3) is 0 Å². The number of rotatable bonds is 34. The third-order valence-electron chi connectivity index (χ3n) is 7.73. The van der Waals surface area contributed by atoms with Gasteiger partial charge in [0.15, 0.2) is 6.10 Å². The number of esters is 2. The third kappa shape index (κ3) is 40.0. The van der Waals surface area contributed by atoms with E-state index in [2.05, 4.69) is 91.3 Å². The van der Waals surface area contributed by atoms with Crippen molar-refractivity contribution < 1.29 is 43.0 Å². The highest BCUT2D eigenvalue weighted by Crippen LogP contribution is 2.36. The fourth-order valence-corrected chi connectivity index (χ4v) is 5.13. The summed E-state index contributed by atoms with van der Waals surface area (Å²) >= 11 is 0. The molecule has 0 saturated carbocycles. The molecule has 0 amide bonds. The molecule has 0 bridgehead atoms. The van der Waals surface area contributed by atoms with Crippen LogP contribution >= 0.6 is 7.82 Å². The van der Waals surface area contributed by atoms with Crippen molar-refractivity contribution in [2.45, 2.75) is 148 Å². The van der Waals surface area contributed by atoms with Crippen LogP contribution in [-0.4, -0.2) is 52.3 Å². The molecule has 0 saturated heterocycles. The van der Waals surface area contributed by atoms with Crippen molar-refractivity contribution in [2.75, 3.05) is 13.2 Å². The maximum Gasteiger partial charge on any atom is 0.469 e. The summed E-state index contributed by atoms with van der Waals surface area (Å²) in [6.07, 6.45) is 47.4. The van der Waals surface area contributed by atoms with Crippen LogP contribution in [0.1, 0.15) is 136 Å². The van der Waals surface area contributed by atoms with Crippen LogP contribution in [0.25, 0.3) is 0 Å². The Morgan fingerprint density at radius 1 is 0.604 bits per heavy atom. The number of aliphatic hydroxyl groups is 1. The molecule has 0 aliphatic heterocycles. The molecule has 0 radical (unpaired) electrons. The molecule has 0 aliphatic carbocycles. The number of phosphoric acid groups is 1. The fraction of sp³-hybridized carbons (Fsp3) is 0.581. The number of carbonyl (C=O) groups excluding carboxylic acids is 2. The molecule has 0 heterocycles. The monoisotopic (exact) mass is 760 g/mol. The zero-order valence-electron chi connectivity index (χ0n) is 32.5. The second-order valence-electron chi connectivity index (χ2n) is 12.7. The van der Waals surface area contributed by atoms with E-state index in [1.54, 1.807) is 12.2 Å². The normalized spacial score (nSPS) is 14.1. The molecule has 0 fully saturated rings. The molecular formula is C43H69O9P. The highest BCUT2D eigenvalue weighted by Gasteiger charge is 2.23. The first-order valence-corrected chi connectivity index (χ1v) is 21.2. The predicted octanol–water partition coefficient (Wildman–Crippen LogP) is 10.8. The Labute approximate surface area is 320 Å². The first kappa shape index (κ1) is 49.9. The maximum absolute atomic E-state index is 12.4. The van der Waals surface area contributed by atoms with Gasteiger partial charge in [-0.05, 0) is 70.6 Å². The van der Waals surface area contributed by atoms with Gasteiger partial charge < -0.3 is 24.4 Å². The van der Waals surface area contributed by atoms with Crippen LogP contribution in [0, 0.1) is 0 Å². The van der Waals surface area contributed by atoms with Crippen molar-refractivity contribution in [1.82, 2.24) is 0 Å². The minimum Gasteiger partial charge on any atom is -0.462 e. The molecular weight excluding hydrogens is 691 g/mol. The van der Waals surface area contributed by atoms with Crippen LogP contribution in [0.4, 0.5) is 0 Å². The minimum atomic E-state index is -4.82. The first-order chi connectivity index (χ1) is 25.7. The van der Waals surface area contributed by atoms with Crippen LogP contribution in [0.15, 0.2) is 97.2 Å². The lowest BCUT2D eigenvalue weighted by atomic mass is 10.1. The fourth-order valence-electron chi connectivity index (χ4n) is 4.77. The lowest BCUT2D eigenvalue weighted by molar-refractivity contribution is -0.161. The summed E-state index contributed by atoms with van der Waals surface area (Å²) < 4.78 is 26.2. The Morgan fingerprint density at radius 2 is 1.13 bits per heavy atom. The van der Waals surface area contributed by atoms with Gasteiger partial charge in [-0.3, -0.25) is 14.1 Å². The summed E-state index contributed by atoms with van der Waals surface area (Å²) in [6.45, 7) is 3.30. The van der Waals surface area contributed by atoms with Gasteiger partial charge in [-0.2, -0.15) is 0 Å². The van der Waals surface area contributed by atoms with E-state index in [0.717, 1.165) is 70.6 Å². The van der Waals surface area contributed by atoms with Crippen molar-refractivity contribution in [3.05, 3.63) is 97.2 Å². The summed E-state index contributed by atoms with van der Waals surface area (Å²) in [4.78, 5) is 42.8. The number of allylic oxidation sites excluding steroid dienone is 15. The molecule has 9 nitrogen and oxygen atoms in total. The summed E-state index contributed by atoms with van der Waals surface area (Å²) in [5.41, 5.74) is 0. The van der Waals surface area contributed by atoms with E-state index >= 15 is 0 Å². The number of aliphatic hydroxyl groups excluding tert-OH is 1. The number of unbranched alkanes of at least 4 members (excludes halogenated alkanes) is 9. The summed E-state index contributed by atoms with van der Waals surface area (Å²) in [5, 5.41) is 10.2. The van der Waals surface area contributed by atoms with E-state index in [-0.39, 0.29) is 19.3 Å². The van der Waals surface area contributed by atoms with Crippen molar-refractivity contribution >= 4 is 19.8 Å². The number of hydrogen-bond acceptors (Lipinski definition) is 7. The molecule has 0 aromatic rings. The quantitative estimate of drug-likeness (QED) is 0.0192. The van der Waals surface area contributed by atoms with Gasteiger partial charge in [0.1, 0.15) is 6.61 Å². The van der Waals surface area contributed by atoms with E-state index in [4.69, 9.17) is 19.3 Å². The number of hydrogen-bond donors (Lipinski definition) is 3. The summed E-state index contributed by atoms with van der Waals surface area (Å²) in [7, 11) is -4.82. The number of phosphoric ester groups is 1. The average molecular weight is 761 g/mol. The van der Waals surface area contributed by atoms with E-state index in [1.165, 1.54) is 25.7 Å². The van der Waals surface area contributed by atoms with E-state index in [1.807, 2.05) is 12.2 Å². The van der Waals surface area contributed by atoms with E-state index < -0.39 is 45.2 Å². The molecule has 1 unspecified atom stereocenters. The van der Waals surface area contributed by atoms with Crippen molar-refractivity contribution in [3.8, 4) is 0 Å². The largest absolute Gasteiger partial charge is 0.469 e. The Kier molecular flexibility index (Phi) is 35.1. The Balaban J connectivity index is 4.25. The van der Waals surface area contributed by atoms with Gasteiger partial charge in [0.05, 0.1) is 12.7 Å². The zero-order chi connectivity index (χ0) is 39.1. The maximum atomic E-state index is 12.4. The van der Waals surface area contributed by atoms with Gasteiger partial charge in [-0.15, -0.1) is 0 Å².